The number of methoxy groups -OCH3 is 1. The van der Waals surface area contributed by atoms with Gasteiger partial charge in [-0.15, -0.1) is 0 Å². The number of aromatic nitrogens is 2. The Morgan fingerprint density at radius 1 is 1.21 bits per heavy atom. The van der Waals surface area contributed by atoms with Crippen molar-refractivity contribution in [2.24, 2.45) is 0 Å². The van der Waals surface area contributed by atoms with Crippen LogP contribution in [0.3, 0.4) is 0 Å². The molecule has 0 unspecified atom stereocenters. The Bertz CT molecular complexity index is 1240. The van der Waals surface area contributed by atoms with E-state index in [2.05, 4.69) is 10.6 Å². The first-order valence-electron chi connectivity index (χ1n) is 10.4. The van der Waals surface area contributed by atoms with Gasteiger partial charge in [0.05, 0.1) is 41.7 Å². The maximum atomic E-state index is 12.8. The lowest BCUT2D eigenvalue weighted by atomic mass is 9.93. The van der Waals surface area contributed by atoms with Gasteiger partial charge in [-0.3, -0.25) is 0 Å². The summed E-state index contributed by atoms with van der Waals surface area (Å²) >= 11 is 6.39. The van der Waals surface area contributed by atoms with Gasteiger partial charge in [-0.2, -0.15) is 5.10 Å². The minimum atomic E-state index is -0.772. The van der Waals surface area contributed by atoms with Crippen molar-refractivity contribution in [2.75, 3.05) is 13.7 Å². The van der Waals surface area contributed by atoms with Gasteiger partial charge < -0.3 is 20.1 Å². The average Bonchev–Trinajstić information content (AvgIpc) is 3.24. The molecule has 0 bridgehead atoms. The normalized spacial score (nSPS) is 15.6. The van der Waals surface area contributed by atoms with Crippen LogP contribution >= 0.6 is 11.6 Å². The zero-order valence-corrected chi connectivity index (χ0v) is 19.1. The third-order valence-corrected chi connectivity index (χ3v) is 5.56. The topological polar surface area (TPSA) is 94.5 Å². The third-order valence-electron chi connectivity index (χ3n) is 5.26. The van der Waals surface area contributed by atoms with Gasteiger partial charge in [0.2, 0.25) is 0 Å². The van der Waals surface area contributed by atoms with Crippen LogP contribution in [0.2, 0.25) is 5.02 Å². The summed E-state index contributed by atoms with van der Waals surface area (Å²) < 4.78 is 12.2. The van der Waals surface area contributed by atoms with Gasteiger partial charge in [0.25, 0.3) is 0 Å². The minimum absolute atomic E-state index is 0.209. The van der Waals surface area contributed by atoms with Gasteiger partial charge in [-0.05, 0) is 44.2 Å². The summed E-state index contributed by atoms with van der Waals surface area (Å²) in [6.45, 7) is 3.61. The van der Waals surface area contributed by atoms with Gasteiger partial charge in [0, 0.05) is 23.0 Å². The molecule has 0 aliphatic carbocycles. The molecule has 33 heavy (non-hydrogen) atoms. The summed E-state index contributed by atoms with van der Waals surface area (Å²) in [5.41, 5.74) is 3.45. The van der Waals surface area contributed by atoms with Crippen LogP contribution < -0.4 is 15.4 Å². The molecule has 2 amide bonds. The molecule has 4 rings (SSSR count). The quantitative estimate of drug-likeness (QED) is 0.525. The molecule has 0 fully saturated rings. The number of ether oxygens (including phenoxy) is 2. The first kappa shape index (κ1) is 22.4. The highest BCUT2D eigenvalue weighted by atomic mass is 35.5. The molecule has 8 nitrogen and oxygen atoms in total. The highest BCUT2D eigenvalue weighted by Crippen LogP contribution is 2.37. The van der Waals surface area contributed by atoms with Crippen LogP contribution in [0, 0.1) is 0 Å². The molecule has 2 aromatic carbocycles. The Labute approximate surface area is 196 Å². The number of urea groups is 1. The number of benzene rings is 2. The predicted octanol–water partition coefficient (Wildman–Crippen LogP) is 4.39. The van der Waals surface area contributed by atoms with E-state index in [1.165, 1.54) is 0 Å². The Kier molecular flexibility index (Phi) is 6.37. The van der Waals surface area contributed by atoms with Crippen LogP contribution in [-0.4, -0.2) is 35.5 Å². The highest BCUT2D eigenvalue weighted by Gasteiger charge is 2.35. The zero-order valence-electron chi connectivity index (χ0n) is 18.4. The van der Waals surface area contributed by atoms with Crippen LogP contribution in [0.4, 0.5) is 4.79 Å². The number of nitrogens with zero attached hydrogens (tertiary/aromatic N) is 2. The number of nitrogens with one attached hydrogen (secondary N) is 2. The SMILES string of the molecule is CCOC(=O)C1=C(C)NC(=O)N[C@@H]1c1cn(-c2ccccc2)nc1-c1ccc(OC)c(Cl)c1. The number of hydrogen-bond acceptors (Lipinski definition) is 5. The van der Waals surface area contributed by atoms with Gasteiger partial charge in [0.15, 0.2) is 0 Å². The van der Waals surface area contributed by atoms with E-state index in [1.807, 2.05) is 36.4 Å². The second-order valence-electron chi connectivity index (χ2n) is 7.35. The number of esters is 1. The predicted molar refractivity (Wildman–Crippen MR) is 124 cm³/mol. The molecule has 0 saturated carbocycles. The van der Waals surface area contributed by atoms with Crippen LogP contribution in [0.15, 0.2) is 66.0 Å². The molecule has 170 valence electrons. The molecular formula is C24H23ClN4O4. The van der Waals surface area contributed by atoms with Gasteiger partial charge in [-0.1, -0.05) is 29.8 Å². The maximum Gasteiger partial charge on any atom is 0.338 e. The largest absolute Gasteiger partial charge is 0.495 e. The van der Waals surface area contributed by atoms with Gasteiger partial charge in [0.1, 0.15) is 5.75 Å². The van der Waals surface area contributed by atoms with E-state index >= 15 is 0 Å². The molecular weight excluding hydrogens is 444 g/mol. The van der Waals surface area contributed by atoms with Crippen molar-refractivity contribution < 1.29 is 19.1 Å². The summed E-state index contributed by atoms with van der Waals surface area (Å²) in [5.74, 6) is 0.0151. The van der Waals surface area contributed by atoms with E-state index in [1.54, 1.807) is 44.0 Å². The molecule has 1 aliphatic rings. The van der Waals surface area contributed by atoms with Crippen molar-refractivity contribution in [3.63, 3.8) is 0 Å². The first-order valence-corrected chi connectivity index (χ1v) is 10.7. The van der Waals surface area contributed by atoms with Crippen LogP contribution in [-0.2, 0) is 9.53 Å². The van der Waals surface area contributed by atoms with Gasteiger partial charge in [-0.25, -0.2) is 14.3 Å². The smallest absolute Gasteiger partial charge is 0.338 e. The van der Waals surface area contributed by atoms with E-state index in [-0.39, 0.29) is 6.61 Å². The van der Waals surface area contributed by atoms with Crippen molar-refractivity contribution in [3.8, 4) is 22.7 Å². The minimum Gasteiger partial charge on any atom is -0.495 e. The van der Waals surface area contributed by atoms with Crippen molar-refractivity contribution in [1.29, 1.82) is 0 Å². The lowest BCUT2D eigenvalue weighted by Gasteiger charge is -2.27. The number of carbonyl (C=O) groups excluding carboxylic acids is 2. The van der Waals surface area contributed by atoms with Gasteiger partial charge >= 0.3 is 12.0 Å². The molecule has 0 saturated heterocycles. The number of carbonyl (C=O) groups is 2. The zero-order chi connectivity index (χ0) is 23.5. The maximum absolute atomic E-state index is 12.8. The van der Waals surface area contributed by atoms with Crippen LogP contribution in [0.25, 0.3) is 16.9 Å². The molecule has 2 N–H and O–H groups in total. The number of allylic oxidation sites excluding steroid dienone is 1. The standard InChI is InChI=1S/C24H23ClN4O4/c1-4-33-23(30)20-14(2)26-24(31)27-22(20)17-13-29(16-8-6-5-7-9-16)28-21(17)15-10-11-19(32-3)18(25)12-15/h5-13,22H,4H2,1-3H3,(H2,26,27,31)/t22-/m1/s1. The summed E-state index contributed by atoms with van der Waals surface area (Å²) in [6, 6.07) is 13.7. The van der Waals surface area contributed by atoms with Crippen molar-refractivity contribution in [3.05, 3.63) is 76.6 Å². The number of rotatable bonds is 6. The molecule has 1 atom stereocenters. The molecule has 3 aromatic rings. The fourth-order valence-electron chi connectivity index (χ4n) is 3.76. The number of amides is 2. The molecule has 1 aliphatic heterocycles. The summed E-state index contributed by atoms with van der Waals surface area (Å²) in [4.78, 5) is 25.2. The highest BCUT2D eigenvalue weighted by molar-refractivity contribution is 6.32. The van der Waals surface area contributed by atoms with E-state index in [4.69, 9.17) is 26.2 Å². The summed E-state index contributed by atoms with van der Waals surface area (Å²) in [7, 11) is 1.54. The Balaban J connectivity index is 1.91. The van der Waals surface area contributed by atoms with E-state index in [0.717, 1.165) is 5.69 Å². The number of hydrogen-bond donors (Lipinski definition) is 2. The number of halogens is 1. The monoisotopic (exact) mass is 466 g/mol. The van der Waals surface area contributed by atoms with E-state index in [0.29, 0.717) is 38.9 Å². The van der Waals surface area contributed by atoms with Crippen molar-refractivity contribution >= 4 is 23.6 Å². The fourth-order valence-corrected chi connectivity index (χ4v) is 4.01. The van der Waals surface area contributed by atoms with Crippen molar-refractivity contribution in [2.45, 2.75) is 19.9 Å². The summed E-state index contributed by atoms with van der Waals surface area (Å²) in [6.07, 6.45) is 1.80. The molecule has 0 radical (unpaired) electrons. The first-order chi connectivity index (χ1) is 15.9. The fraction of sp³-hybridized carbons (Fsp3) is 0.208. The summed E-state index contributed by atoms with van der Waals surface area (Å²) in [5, 5.41) is 10.7. The van der Waals surface area contributed by atoms with E-state index in [9.17, 15) is 9.59 Å². The molecule has 1 aromatic heterocycles. The second kappa shape index (κ2) is 9.38. The average molecular weight is 467 g/mol. The third kappa shape index (κ3) is 4.42. The molecule has 0 spiro atoms. The van der Waals surface area contributed by atoms with E-state index < -0.39 is 18.0 Å². The molecule has 2 heterocycles. The van der Waals surface area contributed by atoms with Crippen molar-refractivity contribution in [1.82, 2.24) is 20.4 Å². The Morgan fingerprint density at radius 3 is 2.64 bits per heavy atom. The Morgan fingerprint density at radius 2 is 1.97 bits per heavy atom. The lowest BCUT2D eigenvalue weighted by Crippen LogP contribution is -2.45. The van der Waals surface area contributed by atoms with Crippen LogP contribution in [0.1, 0.15) is 25.5 Å². The van der Waals surface area contributed by atoms with Crippen LogP contribution in [0.5, 0.6) is 5.75 Å². The second-order valence-corrected chi connectivity index (χ2v) is 7.76. The molecule has 9 heteroatoms. The Hall–Kier alpha value is -3.78. The number of para-hydroxylation sites is 1. The lowest BCUT2D eigenvalue weighted by molar-refractivity contribution is -0.139.